The number of hydrogen-bond acceptors (Lipinski definition) is 3. The quantitative estimate of drug-likeness (QED) is 0.599. The highest BCUT2D eigenvalue weighted by Gasteiger charge is 2.17. The van der Waals surface area contributed by atoms with E-state index in [9.17, 15) is 4.79 Å². The molecule has 0 spiro atoms. The summed E-state index contributed by atoms with van der Waals surface area (Å²) < 4.78 is 1.94. The molecule has 26 heavy (non-hydrogen) atoms. The Balaban J connectivity index is 1.55. The van der Waals surface area contributed by atoms with Gasteiger partial charge in [0.25, 0.3) is 0 Å². The number of carbonyl (C=O) groups is 1. The van der Waals surface area contributed by atoms with Crippen molar-refractivity contribution in [2.45, 2.75) is 30.0 Å². The average Bonchev–Trinajstić information content (AvgIpc) is 3.21. The van der Waals surface area contributed by atoms with Gasteiger partial charge in [-0.2, -0.15) is 0 Å². The molecule has 6 heteroatoms. The third kappa shape index (κ3) is 4.90. The number of thioether (sulfide) groups is 1. The number of rotatable bonds is 7. The smallest absolute Gasteiger partial charge is 0.233 e. The highest BCUT2D eigenvalue weighted by Crippen LogP contribution is 2.26. The van der Waals surface area contributed by atoms with Crippen molar-refractivity contribution >= 4 is 29.3 Å². The molecule has 134 valence electrons. The molecule has 1 atom stereocenters. The number of benzene rings is 2. The predicted molar refractivity (Wildman–Crippen MR) is 107 cm³/mol. The van der Waals surface area contributed by atoms with Crippen LogP contribution in [-0.2, 0) is 11.3 Å². The lowest BCUT2D eigenvalue weighted by Crippen LogP contribution is -2.31. The van der Waals surface area contributed by atoms with E-state index in [2.05, 4.69) is 10.3 Å². The summed E-state index contributed by atoms with van der Waals surface area (Å²) in [4.78, 5) is 17.6. The summed E-state index contributed by atoms with van der Waals surface area (Å²) in [6, 6.07) is 15.6. The van der Waals surface area contributed by atoms with Gasteiger partial charge in [-0.15, -0.1) is 11.8 Å². The maximum Gasteiger partial charge on any atom is 0.233 e. The third-order valence-electron chi connectivity index (χ3n) is 3.96. The normalized spacial score (nSPS) is 11.9. The topological polar surface area (TPSA) is 46.9 Å². The van der Waals surface area contributed by atoms with Crippen molar-refractivity contribution in [2.75, 3.05) is 0 Å². The molecule has 0 radical (unpaired) electrons. The molecular weight excluding hydrogens is 366 g/mol. The van der Waals surface area contributed by atoms with Gasteiger partial charge in [-0.25, -0.2) is 4.98 Å². The fraction of sp³-hybridized carbons (Fsp3) is 0.200. The first kappa shape index (κ1) is 18.5. The summed E-state index contributed by atoms with van der Waals surface area (Å²) in [5.74, 6) is 0.0473. The summed E-state index contributed by atoms with van der Waals surface area (Å²) in [7, 11) is 0. The third-order valence-corrected chi connectivity index (χ3v) is 5.59. The lowest BCUT2D eigenvalue weighted by Gasteiger charge is -2.15. The van der Waals surface area contributed by atoms with E-state index >= 15 is 0 Å². The average molecular weight is 386 g/mol. The lowest BCUT2D eigenvalue weighted by molar-refractivity contribution is -0.120. The molecule has 0 saturated heterocycles. The fourth-order valence-electron chi connectivity index (χ4n) is 2.50. The monoisotopic (exact) mass is 385 g/mol. The van der Waals surface area contributed by atoms with Gasteiger partial charge in [-0.05, 0) is 48.4 Å². The molecule has 0 bridgehead atoms. The van der Waals surface area contributed by atoms with Crippen molar-refractivity contribution in [1.82, 2.24) is 14.9 Å². The van der Waals surface area contributed by atoms with Crippen LogP contribution < -0.4 is 5.32 Å². The van der Waals surface area contributed by atoms with Crippen molar-refractivity contribution in [1.29, 1.82) is 0 Å². The summed E-state index contributed by atoms with van der Waals surface area (Å²) in [6.07, 6.45) is 6.17. The molecule has 3 rings (SSSR count). The van der Waals surface area contributed by atoms with Crippen LogP contribution >= 0.6 is 23.4 Å². The van der Waals surface area contributed by atoms with Crippen molar-refractivity contribution in [3.63, 3.8) is 0 Å². The highest BCUT2D eigenvalue weighted by molar-refractivity contribution is 8.00. The van der Waals surface area contributed by atoms with Gasteiger partial charge in [0.15, 0.2) is 0 Å². The number of amides is 1. The standard InChI is InChI=1S/C20H20ClN3OS/c1-2-19(26-18-9-5-16(21)6-10-18)20(25)23-13-15-3-7-17(8-4-15)24-12-11-22-14-24/h3-12,14,19H,2,13H2,1H3,(H,23,25)/t19-/m0/s1. The molecule has 2 aromatic carbocycles. The molecule has 1 heterocycles. The van der Waals surface area contributed by atoms with E-state index in [1.54, 1.807) is 24.3 Å². The molecule has 0 saturated carbocycles. The Bertz CT molecular complexity index is 833. The fourth-order valence-corrected chi connectivity index (χ4v) is 3.61. The zero-order valence-electron chi connectivity index (χ0n) is 14.4. The first-order valence-corrected chi connectivity index (χ1v) is 9.68. The van der Waals surface area contributed by atoms with E-state index in [1.807, 2.05) is 66.2 Å². The zero-order chi connectivity index (χ0) is 18.4. The predicted octanol–water partition coefficient (Wildman–Crippen LogP) is 4.71. The SMILES string of the molecule is CC[C@H](Sc1ccc(Cl)cc1)C(=O)NCc1ccc(-n2ccnc2)cc1. The Morgan fingerprint density at radius 2 is 1.92 bits per heavy atom. The second kappa shape index (κ2) is 8.92. The minimum absolute atomic E-state index is 0.0473. The molecule has 4 nitrogen and oxygen atoms in total. The van der Waals surface area contributed by atoms with Crippen molar-refractivity contribution < 1.29 is 4.79 Å². The van der Waals surface area contributed by atoms with Crippen LogP contribution in [0.5, 0.6) is 0 Å². The second-order valence-electron chi connectivity index (χ2n) is 5.82. The molecule has 1 aromatic heterocycles. The van der Waals surface area contributed by atoms with Crippen LogP contribution in [-0.4, -0.2) is 20.7 Å². The van der Waals surface area contributed by atoms with Crippen molar-refractivity contribution in [3.05, 3.63) is 77.8 Å². The number of halogens is 1. The number of aromatic nitrogens is 2. The second-order valence-corrected chi connectivity index (χ2v) is 7.54. The van der Waals surface area contributed by atoms with Crippen LogP contribution in [0.2, 0.25) is 5.02 Å². The van der Waals surface area contributed by atoms with Gasteiger partial charge in [0.2, 0.25) is 5.91 Å². The molecule has 0 aliphatic rings. The molecule has 0 fully saturated rings. The summed E-state index contributed by atoms with van der Waals surface area (Å²) in [6.45, 7) is 2.54. The van der Waals surface area contributed by atoms with E-state index in [0.29, 0.717) is 11.6 Å². The minimum atomic E-state index is -0.124. The van der Waals surface area contributed by atoms with Crippen LogP contribution in [0.1, 0.15) is 18.9 Å². The van der Waals surface area contributed by atoms with Crippen LogP contribution in [0.3, 0.4) is 0 Å². The number of imidazole rings is 1. The molecule has 0 aliphatic carbocycles. The Morgan fingerprint density at radius 1 is 1.19 bits per heavy atom. The minimum Gasteiger partial charge on any atom is -0.351 e. The molecule has 0 aliphatic heterocycles. The Labute approximate surface area is 162 Å². The Kier molecular flexibility index (Phi) is 6.36. The van der Waals surface area contributed by atoms with Gasteiger partial charge < -0.3 is 9.88 Å². The Morgan fingerprint density at radius 3 is 2.54 bits per heavy atom. The molecule has 1 amide bonds. The van der Waals surface area contributed by atoms with Crippen molar-refractivity contribution in [3.8, 4) is 5.69 Å². The van der Waals surface area contributed by atoms with Crippen molar-refractivity contribution in [2.24, 2.45) is 0 Å². The zero-order valence-corrected chi connectivity index (χ0v) is 16.0. The van der Waals surface area contributed by atoms with Gasteiger partial charge in [0.1, 0.15) is 0 Å². The molecular formula is C20H20ClN3OS. The van der Waals surface area contributed by atoms with Crippen LogP contribution in [0.4, 0.5) is 0 Å². The maximum absolute atomic E-state index is 12.5. The van der Waals surface area contributed by atoms with E-state index < -0.39 is 0 Å². The Hall–Kier alpha value is -2.24. The maximum atomic E-state index is 12.5. The first-order chi connectivity index (χ1) is 12.7. The van der Waals surface area contributed by atoms with E-state index in [-0.39, 0.29) is 11.2 Å². The lowest BCUT2D eigenvalue weighted by atomic mass is 10.2. The summed E-state index contributed by atoms with van der Waals surface area (Å²) in [5, 5.41) is 3.61. The van der Waals surface area contributed by atoms with E-state index in [4.69, 9.17) is 11.6 Å². The molecule has 0 unspecified atom stereocenters. The van der Waals surface area contributed by atoms with Gasteiger partial charge in [-0.1, -0.05) is 30.7 Å². The summed E-state index contributed by atoms with van der Waals surface area (Å²) >= 11 is 7.47. The van der Waals surface area contributed by atoms with Gasteiger partial charge in [-0.3, -0.25) is 4.79 Å². The van der Waals surface area contributed by atoms with Gasteiger partial charge in [0, 0.05) is 34.5 Å². The summed E-state index contributed by atoms with van der Waals surface area (Å²) in [5.41, 5.74) is 2.11. The van der Waals surface area contributed by atoms with Gasteiger partial charge >= 0.3 is 0 Å². The number of nitrogens with one attached hydrogen (secondary N) is 1. The van der Waals surface area contributed by atoms with Gasteiger partial charge in [0.05, 0.1) is 11.6 Å². The highest BCUT2D eigenvalue weighted by atomic mass is 35.5. The number of hydrogen-bond donors (Lipinski definition) is 1. The first-order valence-electron chi connectivity index (χ1n) is 8.43. The van der Waals surface area contributed by atoms with Crippen LogP contribution in [0, 0.1) is 0 Å². The molecule has 3 aromatic rings. The van der Waals surface area contributed by atoms with Crippen LogP contribution in [0.15, 0.2) is 72.1 Å². The largest absolute Gasteiger partial charge is 0.351 e. The van der Waals surface area contributed by atoms with E-state index in [1.165, 1.54) is 0 Å². The number of carbonyl (C=O) groups excluding carboxylic acids is 1. The number of nitrogens with zero attached hydrogens (tertiary/aromatic N) is 2. The molecule has 1 N–H and O–H groups in total. The van der Waals surface area contributed by atoms with E-state index in [0.717, 1.165) is 22.6 Å². The van der Waals surface area contributed by atoms with Crippen LogP contribution in [0.25, 0.3) is 5.69 Å².